The number of hydrogen-bond donors (Lipinski definition) is 1. The van der Waals surface area contributed by atoms with Crippen LogP contribution in [0.25, 0.3) is 0 Å². The van der Waals surface area contributed by atoms with Gasteiger partial charge in [-0.15, -0.1) is 0 Å². The maximum Gasteiger partial charge on any atom is 0.294 e. The second-order valence-corrected chi connectivity index (χ2v) is 7.11. The Hall–Kier alpha value is -3.15. The maximum atomic E-state index is 13.4. The molecule has 1 amide bonds. The van der Waals surface area contributed by atoms with Crippen LogP contribution in [-0.4, -0.2) is 23.9 Å². The Kier molecular flexibility index (Phi) is 5.49. The Morgan fingerprint density at radius 2 is 1.89 bits per heavy atom. The average Bonchev–Trinajstić information content (AvgIpc) is 2.93. The third-order valence-corrected chi connectivity index (χ3v) is 4.62. The van der Waals surface area contributed by atoms with Gasteiger partial charge in [0.1, 0.15) is 11.6 Å². The van der Waals surface area contributed by atoms with Gasteiger partial charge >= 0.3 is 0 Å². The number of anilines is 1. The first-order chi connectivity index (χ1) is 13.3. The zero-order valence-electron chi connectivity index (χ0n) is 16.0. The average molecular weight is 383 g/mol. The predicted molar refractivity (Wildman–Crippen MR) is 104 cm³/mol. The number of methoxy groups -OCH3 is 1. The van der Waals surface area contributed by atoms with Crippen LogP contribution in [0.4, 0.5) is 10.1 Å². The van der Waals surface area contributed by atoms with E-state index in [9.17, 15) is 19.1 Å². The molecule has 0 saturated heterocycles. The molecule has 5 nitrogen and oxygen atoms in total. The van der Waals surface area contributed by atoms with E-state index in [1.165, 1.54) is 36.3 Å². The van der Waals surface area contributed by atoms with Crippen LogP contribution in [0.3, 0.4) is 0 Å². The molecule has 6 heteroatoms. The van der Waals surface area contributed by atoms with Crippen molar-refractivity contribution in [2.45, 2.75) is 26.3 Å². The molecule has 3 rings (SSSR count). The van der Waals surface area contributed by atoms with Gasteiger partial charge in [-0.05, 0) is 35.7 Å². The number of Topliss-reactive ketones (excluding diaryl/α,β-unsaturated/α-hetero) is 1. The number of carbonyl (C=O) groups excluding carboxylic acids is 2. The molecule has 0 radical (unpaired) electrons. The van der Waals surface area contributed by atoms with E-state index in [2.05, 4.69) is 0 Å². The van der Waals surface area contributed by atoms with E-state index in [-0.39, 0.29) is 23.7 Å². The first-order valence-electron chi connectivity index (χ1n) is 9.03. The fourth-order valence-electron chi connectivity index (χ4n) is 3.36. The molecule has 1 aliphatic heterocycles. The summed E-state index contributed by atoms with van der Waals surface area (Å²) in [5, 5.41) is 10.5. The van der Waals surface area contributed by atoms with E-state index in [0.717, 1.165) is 0 Å². The topological polar surface area (TPSA) is 66.8 Å². The van der Waals surface area contributed by atoms with Crippen LogP contribution in [0, 0.1) is 11.7 Å². The number of rotatable bonds is 6. The number of carbonyl (C=O) groups is 2. The van der Waals surface area contributed by atoms with Crippen LogP contribution in [0.15, 0.2) is 59.9 Å². The van der Waals surface area contributed by atoms with Crippen LogP contribution < -0.4 is 9.64 Å². The standard InChI is InChI=1S/C22H22FNO4/c1-13(2)11-18(25)19-20(14-7-9-15(23)10-8-14)24(22(27)21(19)26)16-5-4-6-17(12-16)28-3/h4-10,12-13,20,26H,11H2,1-3H3. The Bertz CT molecular complexity index is 934. The van der Waals surface area contributed by atoms with E-state index in [0.29, 0.717) is 17.0 Å². The molecule has 1 aliphatic rings. The lowest BCUT2D eigenvalue weighted by Gasteiger charge is -2.27. The van der Waals surface area contributed by atoms with Crippen molar-refractivity contribution in [3.8, 4) is 5.75 Å². The molecule has 2 aromatic carbocycles. The molecule has 0 saturated carbocycles. The number of aliphatic hydroxyl groups is 1. The molecule has 146 valence electrons. The normalized spacial score (nSPS) is 16.8. The third kappa shape index (κ3) is 3.63. The second-order valence-electron chi connectivity index (χ2n) is 7.11. The van der Waals surface area contributed by atoms with Gasteiger partial charge in [0.25, 0.3) is 5.91 Å². The van der Waals surface area contributed by atoms with Crippen LogP contribution in [0.2, 0.25) is 0 Å². The lowest BCUT2D eigenvalue weighted by atomic mass is 9.92. The summed E-state index contributed by atoms with van der Waals surface area (Å²) in [6, 6.07) is 11.5. The quantitative estimate of drug-likeness (QED) is 0.805. The third-order valence-electron chi connectivity index (χ3n) is 4.62. The van der Waals surface area contributed by atoms with Crippen LogP contribution >= 0.6 is 0 Å². The molecule has 1 atom stereocenters. The van der Waals surface area contributed by atoms with Crippen molar-refractivity contribution in [3.63, 3.8) is 0 Å². The predicted octanol–water partition coefficient (Wildman–Crippen LogP) is 4.35. The van der Waals surface area contributed by atoms with Crippen molar-refractivity contribution in [1.29, 1.82) is 0 Å². The number of hydrogen-bond acceptors (Lipinski definition) is 4. The lowest BCUT2D eigenvalue weighted by Crippen LogP contribution is -2.31. The van der Waals surface area contributed by atoms with E-state index in [4.69, 9.17) is 4.74 Å². The molecule has 1 unspecified atom stereocenters. The van der Waals surface area contributed by atoms with Gasteiger partial charge in [-0.2, -0.15) is 0 Å². The first kappa shape index (κ1) is 19.6. The van der Waals surface area contributed by atoms with Gasteiger partial charge in [0, 0.05) is 18.2 Å². The van der Waals surface area contributed by atoms with Gasteiger partial charge in [0.2, 0.25) is 0 Å². The summed E-state index contributed by atoms with van der Waals surface area (Å²) in [7, 11) is 1.51. The monoisotopic (exact) mass is 383 g/mol. The highest BCUT2D eigenvalue weighted by molar-refractivity contribution is 6.16. The number of nitrogens with zero attached hydrogens (tertiary/aromatic N) is 1. The Morgan fingerprint density at radius 1 is 1.21 bits per heavy atom. The molecule has 0 aliphatic carbocycles. The summed E-state index contributed by atoms with van der Waals surface area (Å²) in [6.07, 6.45) is 0.191. The fourth-order valence-corrected chi connectivity index (χ4v) is 3.36. The smallest absolute Gasteiger partial charge is 0.294 e. The lowest BCUT2D eigenvalue weighted by molar-refractivity contribution is -0.118. The molecular formula is C22H22FNO4. The largest absolute Gasteiger partial charge is 0.503 e. The molecule has 0 spiro atoms. The number of ketones is 1. The molecule has 2 aromatic rings. The SMILES string of the molecule is COc1cccc(N2C(=O)C(O)=C(C(=O)CC(C)C)C2c2ccc(F)cc2)c1. The zero-order valence-corrected chi connectivity index (χ0v) is 16.0. The molecule has 0 fully saturated rings. The molecule has 1 N–H and O–H groups in total. The Labute approximate surface area is 163 Å². The summed E-state index contributed by atoms with van der Waals surface area (Å²) < 4.78 is 18.7. The molecule has 28 heavy (non-hydrogen) atoms. The van der Waals surface area contributed by atoms with Crippen LogP contribution in [0.5, 0.6) is 5.75 Å². The van der Waals surface area contributed by atoms with Gasteiger partial charge in [-0.1, -0.05) is 32.0 Å². The number of benzene rings is 2. The van der Waals surface area contributed by atoms with E-state index in [1.807, 2.05) is 13.8 Å². The number of aliphatic hydroxyl groups excluding tert-OH is 1. The van der Waals surface area contributed by atoms with Crippen molar-refractivity contribution in [1.82, 2.24) is 0 Å². The minimum absolute atomic E-state index is 0.0353. The van der Waals surface area contributed by atoms with Crippen molar-refractivity contribution < 1.29 is 23.8 Å². The van der Waals surface area contributed by atoms with E-state index >= 15 is 0 Å². The summed E-state index contributed by atoms with van der Waals surface area (Å²) in [4.78, 5) is 27.1. The van der Waals surface area contributed by atoms with Crippen molar-refractivity contribution in [3.05, 3.63) is 71.2 Å². The highest BCUT2D eigenvalue weighted by Crippen LogP contribution is 2.42. The molecule has 0 bridgehead atoms. The Morgan fingerprint density at radius 3 is 2.50 bits per heavy atom. The molecular weight excluding hydrogens is 361 g/mol. The van der Waals surface area contributed by atoms with Gasteiger partial charge in [-0.3, -0.25) is 14.5 Å². The van der Waals surface area contributed by atoms with Gasteiger partial charge in [0.05, 0.1) is 18.7 Å². The highest BCUT2D eigenvalue weighted by Gasteiger charge is 2.44. The first-order valence-corrected chi connectivity index (χ1v) is 9.03. The minimum atomic E-state index is -0.841. The van der Waals surface area contributed by atoms with Crippen molar-refractivity contribution in [2.75, 3.05) is 12.0 Å². The maximum absolute atomic E-state index is 13.4. The number of ether oxygens (including phenoxy) is 1. The van der Waals surface area contributed by atoms with Gasteiger partial charge < -0.3 is 9.84 Å². The minimum Gasteiger partial charge on any atom is -0.503 e. The van der Waals surface area contributed by atoms with Crippen molar-refractivity contribution >= 4 is 17.4 Å². The fraction of sp³-hybridized carbons (Fsp3) is 0.273. The zero-order chi connectivity index (χ0) is 20.4. The van der Waals surface area contributed by atoms with Crippen LogP contribution in [-0.2, 0) is 9.59 Å². The Balaban J connectivity index is 2.14. The van der Waals surface area contributed by atoms with E-state index < -0.39 is 23.5 Å². The summed E-state index contributed by atoms with van der Waals surface area (Å²) in [5.74, 6) is -1.38. The van der Waals surface area contributed by atoms with Crippen LogP contribution in [0.1, 0.15) is 31.9 Å². The molecule has 0 aromatic heterocycles. The van der Waals surface area contributed by atoms with Crippen molar-refractivity contribution in [2.24, 2.45) is 5.92 Å². The molecule has 1 heterocycles. The summed E-state index contributed by atoms with van der Waals surface area (Å²) in [5.41, 5.74) is 1.04. The summed E-state index contributed by atoms with van der Waals surface area (Å²) >= 11 is 0. The van der Waals surface area contributed by atoms with Gasteiger partial charge in [0.15, 0.2) is 11.5 Å². The van der Waals surface area contributed by atoms with Gasteiger partial charge in [-0.25, -0.2) is 4.39 Å². The number of halogens is 1. The summed E-state index contributed by atoms with van der Waals surface area (Å²) in [6.45, 7) is 3.78. The van der Waals surface area contributed by atoms with E-state index in [1.54, 1.807) is 24.3 Å². The highest BCUT2D eigenvalue weighted by atomic mass is 19.1. The second kappa shape index (κ2) is 7.84. The number of amides is 1.